The van der Waals surface area contributed by atoms with Gasteiger partial charge in [0.15, 0.2) is 0 Å². The van der Waals surface area contributed by atoms with Crippen molar-refractivity contribution in [1.82, 2.24) is 4.98 Å². The number of aromatic nitrogens is 1. The molecule has 1 heterocycles. The van der Waals surface area contributed by atoms with Crippen LogP contribution in [0.2, 0.25) is 0 Å². The third-order valence-corrected chi connectivity index (χ3v) is 1.24. The molecule has 0 aliphatic rings. The predicted octanol–water partition coefficient (Wildman–Crippen LogP) is 0.730. The largest absolute Gasteiger partial charge is 0.468 e. The lowest BCUT2D eigenvalue weighted by molar-refractivity contribution is -0.128. The molecule has 0 spiro atoms. The van der Waals surface area contributed by atoms with Gasteiger partial charge < -0.3 is 9.72 Å². The SMILES string of the molecule is O=COCCc1cc[nH]c1. The number of hydrogen-bond donors (Lipinski definition) is 1. The second-order valence-electron chi connectivity index (χ2n) is 1.94. The quantitative estimate of drug-likeness (QED) is 0.493. The standard InChI is InChI=1S/C7H9NO2/c9-6-10-4-2-7-1-3-8-5-7/h1,3,5-6,8H,2,4H2. The molecule has 0 unspecified atom stereocenters. The molecule has 0 radical (unpaired) electrons. The predicted molar refractivity (Wildman–Crippen MR) is 36.5 cm³/mol. The van der Waals surface area contributed by atoms with Gasteiger partial charge in [0.25, 0.3) is 6.47 Å². The maximum atomic E-state index is 9.70. The van der Waals surface area contributed by atoms with Crippen LogP contribution in [0.15, 0.2) is 18.5 Å². The van der Waals surface area contributed by atoms with E-state index in [9.17, 15) is 4.79 Å². The number of ether oxygens (including phenoxy) is 1. The average molecular weight is 139 g/mol. The molecule has 10 heavy (non-hydrogen) atoms. The van der Waals surface area contributed by atoms with E-state index >= 15 is 0 Å². The molecule has 3 nitrogen and oxygen atoms in total. The Hall–Kier alpha value is -1.25. The summed E-state index contributed by atoms with van der Waals surface area (Å²) in [6, 6.07) is 1.95. The van der Waals surface area contributed by atoms with Crippen LogP contribution >= 0.6 is 0 Å². The highest BCUT2D eigenvalue weighted by molar-refractivity contribution is 5.36. The van der Waals surface area contributed by atoms with E-state index in [1.165, 1.54) is 0 Å². The van der Waals surface area contributed by atoms with E-state index in [4.69, 9.17) is 0 Å². The Balaban J connectivity index is 2.21. The van der Waals surface area contributed by atoms with Crippen molar-refractivity contribution in [1.29, 1.82) is 0 Å². The van der Waals surface area contributed by atoms with Crippen LogP contribution in [-0.2, 0) is 16.0 Å². The first-order valence-corrected chi connectivity index (χ1v) is 3.10. The molecule has 0 aliphatic carbocycles. The number of rotatable bonds is 4. The van der Waals surface area contributed by atoms with E-state index in [0.29, 0.717) is 13.1 Å². The second kappa shape index (κ2) is 3.71. The summed E-state index contributed by atoms with van der Waals surface area (Å²) in [4.78, 5) is 12.6. The van der Waals surface area contributed by atoms with Crippen molar-refractivity contribution < 1.29 is 9.53 Å². The summed E-state index contributed by atoms with van der Waals surface area (Å²) in [5.74, 6) is 0. The molecule has 0 aromatic carbocycles. The lowest BCUT2D eigenvalue weighted by Crippen LogP contribution is -1.94. The molecule has 1 aromatic heterocycles. The highest BCUT2D eigenvalue weighted by Gasteiger charge is 1.90. The lowest BCUT2D eigenvalue weighted by atomic mass is 10.3. The van der Waals surface area contributed by atoms with Crippen molar-refractivity contribution in [2.75, 3.05) is 6.61 Å². The van der Waals surface area contributed by atoms with Gasteiger partial charge in [-0.2, -0.15) is 0 Å². The average Bonchev–Trinajstić information content (AvgIpc) is 2.41. The fraction of sp³-hybridized carbons (Fsp3) is 0.286. The monoisotopic (exact) mass is 139 g/mol. The van der Waals surface area contributed by atoms with Crippen molar-refractivity contribution in [3.05, 3.63) is 24.0 Å². The van der Waals surface area contributed by atoms with Crippen molar-refractivity contribution >= 4 is 6.47 Å². The highest BCUT2D eigenvalue weighted by atomic mass is 16.5. The number of aromatic amines is 1. The van der Waals surface area contributed by atoms with E-state index < -0.39 is 0 Å². The first-order valence-electron chi connectivity index (χ1n) is 3.10. The van der Waals surface area contributed by atoms with Crippen molar-refractivity contribution in [2.45, 2.75) is 6.42 Å². The van der Waals surface area contributed by atoms with Gasteiger partial charge in [0.05, 0.1) is 6.61 Å². The molecule has 0 saturated carbocycles. The lowest BCUT2D eigenvalue weighted by Gasteiger charge is -1.93. The molecule has 0 saturated heterocycles. The van der Waals surface area contributed by atoms with Crippen molar-refractivity contribution in [3.63, 3.8) is 0 Å². The molecule has 0 fully saturated rings. The van der Waals surface area contributed by atoms with Crippen LogP contribution in [0.3, 0.4) is 0 Å². The molecule has 0 atom stereocenters. The van der Waals surface area contributed by atoms with Gasteiger partial charge in [-0.1, -0.05) is 0 Å². The van der Waals surface area contributed by atoms with Gasteiger partial charge in [-0.15, -0.1) is 0 Å². The summed E-state index contributed by atoms with van der Waals surface area (Å²) in [5, 5.41) is 0. The maximum Gasteiger partial charge on any atom is 0.293 e. The minimum Gasteiger partial charge on any atom is -0.468 e. The summed E-state index contributed by atoms with van der Waals surface area (Å²) >= 11 is 0. The molecule has 1 aromatic rings. The van der Waals surface area contributed by atoms with Gasteiger partial charge in [-0.05, 0) is 11.6 Å². The fourth-order valence-electron chi connectivity index (χ4n) is 0.739. The molecule has 1 rings (SSSR count). The van der Waals surface area contributed by atoms with Gasteiger partial charge in [0.1, 0.15) is 0 Å². The first kappa shape index (κ1) is 6.86. The van der Waals surface area contributed by atoms with Crippen LogP contribution in [0.1, 0.15) is 5.56 Å². The Morgan fingerprint density at radius 3 is 3.20 bits per heavy atom. The molecular formula is C7H9NO2. The first-order chi connectivity index (χ1) is 4.93. The van der Waals surface area contributed by atoms with E-state index in [2.05, 4.69) is 9.72 Å². The molecule has 1 N–H and O–H groups in total. The number of carbonyl (C=O) groups excluding carboxylic acids is 1. The Labute approximate surface area is 59.0 Å². The molecule has 54 valence electrons. The zero-order valence-electron chi connectivity index (χ0n) is 5.54. The van der Waals surface area contributed by atoms with Crippen molar-refractivity contribution in [3.8, 4) is 0 Å². The molecule has 0 aliphatic heterocycles. The molecule has 3 heteroatoms. The Morgan fingerprint density at radius 1 is 1.70 bits per heavy atom. The Bertz CT molecular complexity index is 181. The van der Waals surface area contributed by atoms with E-state index in [-0.39, 0.29) is 0 Å². The van der Waals surface area contributed by atoms with Crippen LogP contribution < -0.4 is 0 Å². The molecule has 0 bridgehead atoms. The van der Waals surface area contributed by atoms with Crippen LogP contribution in [-0.4, -0.2) is 18.1 Å². The second-order valence-corrected chi connectivity index (χ2v) is 1.94. The van der Waals surface area contributed by atoms with Gasteiger partial charge >= 0.3 is 0 Å². The third kappa shape index (κ3) is 1.93. The summed E-state index contributed by atoms with van der Waals surface area (Å²) in [6.07, 6.45) is 4.51. The maximum absolute atomic E-state index is 9.70. The number of nitrogens with one attached hydrogen (secondary N) is 1. The van der Waals surface area contributed by atoms with E-state index in [1.807, 2.05) is 18.5 Å². The molecular weight excluding hydrogens is 130 g/mol. The summed E-state index contributed by atoms with van der Waals surface area (Å²) in [7, 11) is 0. The normalized spacial score (nSPS) is 9.20. The third-order valence-electron chi connectivity index (χ3n) is 1.24. The van der Waals surface area contributed by atoms with Gasteiger partial charge in [0, 0.05) is 18.8 Å². The van der Waals surface area contributed by atoms with Crippen LogP contribution in [0.5, 0.6) is 0 Å². The number of H-pyrrole nitrogens is 1. The van der Waals surface area contributed by atoms with Gasteiger partial charge in [0.2, 0.25) is 0 Å². The van der Waals surface area contributed by atoms with E-state index in [0.717, 1.165) is 12.0 Å². The van der Waals surface area contributed by atoms with Crippen LogP contribution in [0.4, 0.5) is 0 Å². The summed E-state index contributed by atoms with van der Waals surface area (Å²) in [6.45, 7) is 0.925. The minimum atomic E-state index is 0.460. The summed E-state index contributed by atoms with van der Waals surface area (Å²) in [5.41, 5.74) is 1.15. The Morgan fingerprint density at radius 2 is 2.60 bits per heavy atom. The van der Waals surface area contributed by atoms with E-state index in [1.54, 1.807) is 0 Å². The highest BCUT2D eigenvalue weighted by Crippen LogP contribution is 1.96. The summed E-state index contributed by atoms with van der Waals surface area (Å²) < 4.78 is 4.51. The topological polar surface area (TPSA) is 42.1 Å². The van der Waals surface area contributed by atoms with Crippen LogP contribution in [0, 0.1) is 0 Å². The zero-order chi connectivity index (χ0) is 7.23. The zero-order valence-corrected chi connectivity index (χ0v) is 5.54. The van der Waals surface area contributed by atoms with Gasteiger partial charge in [-0.3, -0.25) is 4.79 Å². The number of carbonyl (C=O) groups is 1. The van der Waals surface area contributed by atoms with Crippen LogP contribution in [0.25, 0.3) is 0 Å². The smallest absolute Gasteiger partial charge is 0.293 e. The fourth-order valence-corrected chi connectivity index (χ4v) is 0.739. The molecule has 0 amide bonds. The minimum absolute atomic E-state index is 0.460. The number of hydrogen-bond acceptors (Lipinski definition) is 2. The van der Waals surface area contributed by atoms with Gasteiger partial charge in [-0.25, -0.2) is 0 Å². The van der Waals surface area contributed by atoms with Crippen molar-refractivity contribution in [2.24, 2.45) is 0 Å². The Kier molecular flexibility index (Phi) is 2.55.